The first-order valence-electron chi connectivity index (χ1n) is 6.18. The van der Waals surface area contributed by atoms with Crippen LogP contribution < -0.4 is 4.72 Å². The van der Waals surface area contributed by atoms with Crippen molar-refractivity contribution in [2.45, 2.75) is 24.8 Å². The number of aromatic nitrogens is 2. The zero-order valence-corrected chi connectivity index (χ0v) is 14.9. The highest BCUT2D eigenvalue weighted by molar-refractivity contribution is 9.10. The molecule has 8 heteroatoms. The number of benzene rings is 1. The van der Waals surface area contributed by atoms with Crippen molar-refractivity contribution in [3.05, 3.63) is 45.1 Å². The molecule has 0 spiro atoms. The Balaban J connectivity index is 2.28. The second-order valence-corrected chi connectivity index (χ2v) is 7.70. The van der Waals surface area contributed by atoms with Crippen LogP contribution in [0.15, 0.2) is 33.8 Å². The highest BCUT2D eigenvalue weighted by atomic mass is 79.9. The van der Waals surface area contributed by atoms with Crippen molar-refractivity contribution in [2.75, 3.05) is 0 Å². The van der Waals surface area contributed by atoms with Gasteiger partial charge in [-0.3, -0.25) is 4.68 Å². The fraction of sp³-hybridized carbons (Fsp3) is 0.308. The van der Waals surface area contributed by atoms with E-state index in [1.165, 1.54) is 12.1 Å². The van der Waals surface area contributed by atoms with Gasteiger partial charge in [-0.15, -0.1) is 0 Å². The fourth-order valence-electron chi connectivity index (χ4n) is 1.95. The lowest BCUT2D eigenvalue weighted by Crippen LogP contribution is -2.27. The van der Waals surface area contributed by atoms with Gasteiger partial charge in [-0.05, 0) is 48.0 Å². The standard InChI is InChI=1S/C13H15BrClN3O2S/c1-8(11-7-16-18(3)9(11)2)17-21(19,20)10-4-5-13(15)12(14)6-10/h4-8,17H,1-3H3. The maximum absolute atomic E-state index is 12.4. The van der Waals surface area contributed by atoms with E-state index in [2.05, 4.69) is 25.8 Å². The van der Waals surface area contributed by atoms with Crippen molar-refractivity contribution < 1.29 is 8.42 Å². The molecule has 1 heterocycles. The Labute approximate surface area is 137 Å². The van der Waals surface area contributed by atoms with Crippen LogP contribution >= 0.6 is 27.5 Å². The zero-order valence-electron chi connectivity index (χ0n) is 11.8. The zero-order chi connectivity index (χ0) is 15.8. The largest absolute Gasteiger partial charge is 0.273 e. The molecule has 0 saturated heterocycles. The Bertz CT molecular complexity index is 774. The van der Waals surface area contributed by atoms with Gasteiger partial charge in [0.1, 0.15) is 0 Å². The quantitative estimate of drug-likeness (QED) is 0.869. The molecular weight excluding hydrogens is 378 g/mol. The van der Waals surface area contributed by atoms with Crippen LogP contribution in [0.3, 0.4) is 0 Å². The van der Waals surface area contributed by atoms with Crippen LogP contribution in [0.1, 0.15) is 24.2 Å². The Morgan fingerprint density at radius 1 is 1.43 bits per heavy atom. The van der Waals surface area contributed by atoms with E-state index in [0.717, 1.165) is 11.3 Å². The lowest BCUT2D eigenvalue weighted by atomic mass is 10.1. The molecule has 1 unspecified atom stereocenters. The van der Waals surface area contributed by atoms with Gasteiger partial charge in [-0.25, -0.2) is 13.1 Å². The first kappa shape index (κ1) is 16.5. The Morgan fingerprint density at radius 2 is 2.10 bits per heavy atom. The van der Waals surface area contributed by atoms with Crippen LogP contribution in [-0.2, 0) is 17.1 Å². The molecule has 0 fully saturated rings. The summed E-state index contributed by atoms with van der Waals surface area (Å²) < 4.78 is 29.7. The molecule has 21 heavy (non-hydrogen) atoms. The van der Waals surface area contributed by atoms with E-state index in [4.69, 9.17) is 11.6 Å². The Kier molecular flexibility index (Phi) is 4.77. The predicted octanol–water partition coefficient (Wildman–Crippen LogP) is 3.18. The molecule has 1 aromatic heterocycles. The molecule has 5 nitrogen and oxygen atoms in total. The Hall–Kier alpha value is -0.890. The maximum Gasteiger partial charge on any atom is 0.241 e. The number of aryl methyl sites for hydroxylation is 1. The minimum Gasteiger partial charge on any atom is -0.273 e. The van der Waals surface area contributed by atoms with Gasteiger partial charge in [0.05, 0.1) is 16.1 Å². The van der Waals surface area contributed by atoms with Crippen molar-refractivity contribution in [1.29, 1.82) is 0 Å². The molecule has 1 aromatic carbocycles. The molecular formula is C13H15BrClN3O2S. The maximum atomic E-state index is 12.4. The average Bonchev–Trinajstić information content (AvgIpc) is 2.72. The first-order valence-corrected chi connectivity index (χ1v) is 8.83. The predicted molar refractivity (Wildman–Crippen MR) is 85.8 cm³/mol. The van der Waals surface area contributed by atoms with Gasteiger partial charge >= 0.3 is 0 Å². The summed E-state index contributed by atoms with van der Waals surface area (Å²) in [5, 5.41) is 4.59. The van der Waals surface area contributed by atoms with E-state index in [9.17, 15) is 8.42 Å². The summed E-state index contributed by atoms with van der Waals surface area (Å²) in [7, 11) is -1.81. The van der Waals surface area contributed by atoms with E-state index in [-0.39, 0.29) is 10.9 Å². The van der Waals surface area contributed by atoms with Crippen LogP contribution in [0.25, 0.3) is 0 Å². The number of sulfonamides is 1. The molecule has 1 atom stereocenters. The van der Waals surface area contributed by atoms with Crippen molar-refractivity contribution in [1.82, 2.24) is 14.5 Å². The fourth-order valence-corrected chi connectivity index (χ4v) is 3.85. The summed E-state index contributed by atoms with van der Waals surface area (Å²) in [6.45, 7) is 3.68. The molecule has 0 aliphatic heterocycles. The average molecular weight is 393 g/mol. The SMILES string of the molecule is Cc1c(C(C)NS(=O)(=O)c2ccc(Cl)c(Br)c2)cnn1C. The van der Waals surface area contributed by atoms with E-state index in [0.29, 0.717) is 9.50 Å². The number of hydrogen-bond acceptors (Lipinski definition) is 3. The molecule has 2 aromatic rings. The molecule has 0 bridgehead atoms. The number of rotatable bonds is 4. The summed E-state index contributed by atoms with van der Waals surface area (Å²) in [6.07, 6.45) is 1.67. The highest BCUT2D eigenvalue weighted by Crippen LogP contribution is 2.26. The molecule has 1 N–H and O–H groups in total. The summed E-state index contributed by atoms with van der Waals surface area (Å²) in [4.78, 5) is 0.159. The normalized spacial score (nSPS) is 13.4. The van der Waals surface area contributed by atoms with E-state index in [1.807, 2.05) is 14.0 Å². The summed E-state index contributed by atoms with van der Waals surface area (Å²) in [6, 6.07) is 4.12. The number of hydrogen-bond donors (Lipinski definition) is 1. The van der Waals surface area contributed by atoms with Crippen LogP contribution in [0.4, 0.5) is 0 Å². The van der Waals surface area contributed by atoms with Gasteiger partial charge in [-0.1, -0.05) is 11.6 Å². The second kappa shape index (κ2) is 6.08. The summed E-state index contributed by atoms with van der Waals surface area (Å²) in [5.41, 5.74) is 1.76. The van der Waals surface area contributed by atoms with E-state index in [1.54, 1.807) is 23.9 Å². The summed E-state index contributed by atoms with van der Waals surface area (Å²) >= 11 is 9.11. The van der Waals surface area contributed by atoms with E-state index < -0.39 is 10.0 Å². The number of halogens is 2. The molecule has 0 aliphatic carbocycles. The molecule has 114 valence electrons. The van der Waals surface area contributed by atoms with Crippen LogP contribution in [0.2, 0.25) is 5.02 Å². The number of nitrogens with zero attached hydrogens (tertiary/aromatic N) is 2. The van der Waals surface area contributed by atoms with Crippen molar-refractivity contribution in [2.24, 2.45) is 7.05 Å². The van der Waals surface area contributed by atoms with Gasteiger partial charge in [0.25, 0.3) is 0 Å². The minimum absolute atomic E-state index is 0.159. The number of nitrogens with one attached hydrogen (secondary N) is 1. The van der Waals surface area contributed by atoms with Crippen molar-refractivity contribution in [3.8, 4) is 0 Å². The summed E-state index contributed by atoms with van der Waals surface area (Å²) in [5.74, 6) is 0. The van der Waals surface area contributed by atoms with Gasteiger partial charge in [0.2, 0.25) is 10.0 Å². The minimum atomic E-state index is -3.63. The topological polar surface area (TPSA) is 64.0 Å². The molecule has 0 amide bonds. The second-order valence-electron chi connectivity index (χ2n) is 4.73. The molecule has 0 radical (unpaired) electrons. The van der Waals surface area contributed by atoms with Gasteiger partial charge < -0.3 is 0 Å². The lowest BCUT2D eigenvalue weighted by Gasteiger charge is -2.14. The Morgan fingerprint density at radius 3 is 2.62 bits per heavy atom. The molecule has 2 rings (SSSR count). The van der Waals surface area contributed by atoms with E-state index >= 15 is 0 Å². The first-order chi connectivity index (χ1) is 9.72. The monoisotopic (exact) mass is 391 g/mol. The van der Waals surface area contributed by atoms with Gasteiger partial charge in [0, 0.05) is 28.8 Å². The van der Waals surface area contributed by atoms with Crippen LogP contribution in [-0.4, -0.2) is 18.2 Å². The smallest absolute Gasteiger partial charge is 0.241 e. The third-order valence-electron chi connectivity index (χ3n) is 3.27. The highest BCUT2D eigenvalue weighted by Gasteiger charge is 2.21. The van der Waals surface area contributed by atoms with Crippen molar-refractivity contribution >= 4 is 37.6 Å². The van der Waals surface area contributed by atoms with Crippen LogP contribution in [0, 0.1) is 6.92 Å². The lowest BCUT2D eigenvalue weighted by molar-refractivity contribution is 0.566. The third-order valence-corrected chi connectivity index (χ3v) is 6.03. The van der Waals surface area contributed by atoms with Crippen molar-refractivity contribution in [3.63, 3.8) is 0 Å². The molecule has 0 saturated carbocycles. The van der Waals surface area contributed by atoms with Gasteiger partial charge in [0.15, 0.2) is 0 Å². The van der Waals surface area contributed by atoms with Gasteiger partial charge in [-0.2, -0.15) is 5.10 Å². The third kappa shape index (κ3) is 3.48. The molecule has 0 aliphatic rings. The van der Waals surface area contributed by atoms with Crippen LogP contribution in [0.5, 0.6) is 0 Å².